The molecule has 0 unspecified atom stereocenters. The van der Waals surface area contributed by atoms with E-state index in [0.29, 0.717) is 12.0 Å². The predicted molar refractivity (Wildman–Crippen MR) is 87.0 cm³/mol. The molecule has 0 saturated heterocycles. The van der Waals surface area contributed by atoms with Crippen LogP contribution in [0.1, 0.15) is 29.9 Å². The highest BCUT2D eigenvalue weighted by molar-refractivity contribution is 6.30. The van der Waals surface area contributed by atoms with Gasteiger partial charge in [0, 0.05) is 23.2 Å². The fourth-order valence-corrected chi connectivity index (χ4v) is 3.12. The smallest absolute Gasteiger partial charge is 0.123 e. The molecule has 0 heterocycles. The van der Waals surface area contributed by atoms with Crippen molar-refractivity contribution < 1.29 is 4.74 Å². The molecule has 0 spiro atoms. The van der Waals surface area contributed by atoms with E-state index in [-0.39, 0.29) is 0 Å². The maximum absolute atomic E-state index is 6.05. The van der Waals surface area contributed by atoms with Crippen LogP contribution in [0.2, 0.25) is 5.02 Å². The maximum Gasteiger partial charge on any atom is 0.123 e. The van der Waals surface area contributed by atoms with Gasteiger partial charge >= 0.3 is 0 Å². The van der Waals surface area contributed by atoms with Gasteiger partial charge in [0.2, 0.25) is 0 Å². The zero-order chi connectivity index (χ0) is 14.7. The Labute approximate surface area is 131 Å². The first-order valence-corrected chi connectivity index (χ1v) is 7.75. The Kier molecular flexibility index (Phi) is 4.47. The normalized spacial score (nSPS) is 20.9. The van der Waals surface area contributed by atoms with E-state index >= 15 is 0 Å². The van der Waals surface area contributed by atoms with Gasteiger partial charge in [-0.05, 0) is 42.5 Å². The third-order valence-corrected chi connectivity index (χ3v) is 4.47. The van der Waals surface area contributed by atoms with Crippen molar-refractivity contribution >= 4 is 11.6 Å². The van der Waals surface area contributed by atoms with Crippen molar-refractivity contribution in [2.75, 3.05) is 7.11 Å². The standard InChI is InChI=1S/C18H20ClNO/c1-21-18-8-3-2-5-14(18)12-20-17-10-15(11-17)13-6-4-7-16(19)9-13/h2-9,15,17,20H,10-12H2,1H3. The number of para-hydroxylation sites is 1. The SMILES string of the molecule is COc1ccccc1CNC1CC(c2cccc(Cl)c2)C1. The van der Waals surface area contributed by atoms with Crippen LogP contribution in [-0.2, 0) is 6.54 Å². The lowest BCUT2D eigenvalue weighted by Gasteiger charge is -2.36. The molecule has 0 aliphatic heterocycles. The van der Waals surface area contributed by atoms with Crippen molar-refractivity contribution in [2.45, 2.75) is 31.3 Å². The lowest BCUT2D eigenvalue weighted by molar-refractivity contribution is 0.288. The van der Waals surface area contributed by atoms with Crippen molar-refractivity contribution in [1.82, 2.24) is 5.32 Å². The Hall–Kier alpha value is -1.51. The number of ether oxygens (including phenoxy) is 1. The fraction of sp³-hybridized carbons (Fsp3) is 0.333. The lowest BCUT2D eigenvalue weighted by atomic mass is 9.76. The summed E-state index contributed by atoms with van der Waals surface area (Å²) >= 11 is 6.05. The molecule has 1 aliphatic rings. The molecule has 1 saturated carbocycles. The van der Waals surface area contributed by atoms with Crippen molar-refractivity contribution in [2.24, 2.45) is 0 Å². The van der Waals surface area contributed by atoms with E-state index in [4.69, 9.17) is 16.3 Å². The number of nitrogens with one attached hydrogen (secondary N) is 1. The van der Waals surface area contributed by atoms with Gasteiger partial charge in [-0.1, -0.05) is 41.9 Å². The zero-order valence-electron chi connectivity index (χ0n) is 12.2. The van der Waals surface area contributed by atoms with E-state index in [0.717, 1.165) is 17.3 Å². The van der Waals surface area contributed by atoms with Gasteiger partial charge in [0.05, 0.1) is 7.11 Å². The fourth-order valence-electron chi connectivity index (χ4n) is 2.92. The summed E-state index contributed by atoms with van der Waals surface area (Å²) in [6.45, 7) is 0.858. The van der Waals surface area contributed by atoms with E-state index < -0.39 is 0 Å². The predicted octanol–water partition coefficient (Wildman–Crippen LogP) is 4.38. The van der Waals surface area contributed by atoms with E-state index in [2.05, 4.69) is 29.6 Å². The maximum atomic E-state index is 6.05. The number of benzene rings is 2. The van der Waals surface area contributed by atoms with E-state index in [1.807, 2.05) is 24.3 Å². The first-order chi connectivity index (χ1) is 10.3. The summed E-state index contributed by atoms with van der Waals surface area (Å²) in [5.74, 6) is 1.59. The highest BCUT2D eigenvalue weighted by Gasteiger charge is 2.29. The monoisotopic (exact) mass is 301 g/mol. The molecular weight excluding hydrogens is 282 g/mol. The Morgan fingerprint density at radius 2 is 1.95 bits per heavy atom. The van der Waals surface area contributed by atoms with Gasteiger partial charge in [-0.2, -0.15) is 0 Å². The molecule has 2 aromatic carbocycles. The number of hydrogen-bond donors (Lipinski definition) is 1. The molecule has 0 amide bonds. The largest absolute Gasteiger partial charge is 0.496 e. The number of rotatable bonds is 5. The quantitative estimate of drug-likeness (QED) is 0.884. The van der Waals surface area contributed by atoms with Crippen LogP contribution in [0.3, 0.4) is 0 Å². The number of methoxy groups -OCH3 is 1. The summed E-state index contributed by atoms with van der Waals surface area (Å²) in [5, 5.41) is 4.44. The van der Waals surface area contributed by atoms with Crippen molar-refractivity contribution in [3.8, 4) is 5.75 Å². The van der Waals surface area contributed by atoms with Gasteiger partial charge in [0.15, 0.2) is 0 Å². The second kappa shape index (κ2) is 6.50. The minimum Gasteiger partial charge on any atom is -0.496 e. The highest BCUT2D eigenvalue weighted by atomic mass is 35.5. The van der Waals surface area contributed by atoms with Crippen LogP contribution >= 0.6 is 11.6 Å². The summed E-state index contributed by atoms with van der Waals surface area (Å²) in [4.78, 5) is 0. The zero-order valence-corrected chi connectivity index (χ0v) is 12.9. The number of halogens is 1. The second-order valence-corrected chi connectivity index (χ2v) is 6.05. The van der Waals surface area contributed by atoms with E-state index in [1.54, 1.807) is 7.11 Å². The molecule has 2 nitrogen and oxygen atoms in total. The molecule has 0 radical (unpaired) electrons. The number of hydrogen-bond acceptors (Lipinski definition) is 2. The Balaban J connectivity index is 1.51. The van der Waals surface area contributed by atoms with Crippen molar-refractivity contribution in [3.63, 3.8) is 0 Å². The lowest BCUT2D eigenvalue weighted by Crippen LogP contribution is -2.39. The molecule has 0 aromatic heterocycles. The average Bonchev–Trinajstić information content (AvgIpc) is 2.46. The molecule has 3 heteroatoms. The van der Waals surface area contributed by atoms with Gasteiger partial charge in [0.1, 0.15) is 5.75 Å². The molecule has 3 rings (SSSR count). The van der Waals surface area contributed by atoms with Crippen LogP contribution in [0.25, 0.3) is 0 Å². The molecule has 1 aliphatic carbocycles. The van der Waals surface area contributed by atoms with Crippen LogP contribution in [0.5, 0.6) is 5.75 Å². The molecule has 0 atom stereocenters. The third-order valence-electron chi connectivity index (χ3n) is 4.23. The first-order valence-electron chi connectivity index (χ1n) is 7.37. The van der Waals surface area contributed by atoms with Gasteiger partial charge in [-0.3, -0.25) is 0 Å². The van der Waals surface area contributed by atoms with Crippen LogP contribution < -0.4 is 10.1 Å². The molecule has 0 bridgehead atoms. The first kappa shape index (κ1) is 14.4. The molecule has 2 aromatic rings. The van der Waals surface area contributed by atoms with Gasteiger partial charge in [0.25, 0.3) is 0 Å². The summed E-state index contributed by atoms with van der Waals surface area (Å²) in [5.41, 5.74) is 2.57. The van der Waals surface area contributed by atoms with Gasteiger partial charge < -0.3 is 10.1 Å². The topological polar surface area (TPSA) is 21.3 Å². The molecular formula is C18H20ClNO. The molecule has 110 valence electrons. The summed E-state index contributed by atoms with van der Waals surface area (Å²) < 4.78 is 5.38. The highest BCUT2D eigenvalue weighted by Crippen LogP contribution is 2.37. The molecule has 21 heavy (non-hydrogen) atoms. The summed E-state index contributed by atoms with van der Waals surface area (Å²) in [6.07, 6.45) is 2.35. The van der Waals surface area contributed by atoms with Crippen molar-refractivity contribution in [1.29, 1.82) is 0 Å². The van der Waals surface area contributed by atoms with Crippen LogP contribution in [0.4, 0.5) is 0 Å². The van der Waals surface area contributed by atoms with E-state index in [9.17, 15) is 0 Å². The third kappa shape index (κ3) is 3.39. The van der Waals surface area contributed by atoms with Crippen LogP contribution in [0.15, 0.2) is 48.5 Å². The van der Waals surface area contributed by atoms with E-state index in [1.165, 1.54) is 24.0 Å². The average molecular weight is 302 g/mol. The summed E-state index contributed by atoms with van der Waals surface area (Å²) in [6, 6.07) is 17.0. The van der Waals surface area contributed by atoms with Crippen LogP contribution in [-0.4, -0.2) is 13.2 Å². The van der Waals surface area contributed by atoms with Crippen molar-refractivity contribution in [3.05, 3.63) is 64.7 Å². The Morgan fingerprint density at radius 3 is 2.71 bits per heavy atom. The Morgan fingerprint density at radius 1 is 1.14 bits per heavy atom. The Bertz CT molecular complexity index is 608. The minimum atomic E-state index is 0.582. The minimum absolute atomic E-state index is 0.582. The van der Waals surface area contributed by atoms with Gasteiger partial charge in [-0.25, -0.2) is 0 Å². The second-order valence-electron chi connectivity index (χ2n) is 5.61. The summed E-state index contributed by atoms with van der Waals surface area (Å²) in [7, 11) is 1.72. The van der Waals surface area contributed by atoms with Crippen LogP contribution in [0, 0.1) is 0 Å². The van der Waals surface area contributed by atoms with Gasteiger partial charge in [-0.15, -0.1) is 0 Å². The molecule has 1 fully saturated rings. The molecule has 1 N–H and O–H groups in total.